The van der Waals surface area contributed by atoms with Crippen LogP contribution in [0, 0.1) is 0 Å². The number of hydrogen-bond acceptors (Lipinski definition) is 3. The third-order valence-corrected chi connectivity index (χ3v) is 3.61. The zero-order valence-electron chi connectivity index (χ0n) is 10.3. The first-order valence-electron chi connectivity index (χ1n) is 5.50. The van der Waals surface area contributed by atoms with Crippen molar-refractivity contribution in [2.75, 3.05) is 25.6 Å². The molecule has 0 aliphatic carbocycles. The lowest BCUT2D eigenvalue weighted by Gasteiger charge is -2.14. The van der Waals surface area contributed by atoms with Crippen molar-refractivity contribution >= 4 is 39.1 Å². The third kappa shape index (κ3) is 4.84. The molecule has 6 heteroatoms. The third-order valence-electron chi connectivity index (χ3n) is 2.22. The molecule has 0 spiro atoms. The van der Waals surface area contributed by atoms with Gasteiger partial charge in [0.2, 0.25) is 5.91 Å². The van der Waals surface area contributed by atoms with Gasteiger partial charge in [-0.25, -0.2) is 0 Å². The van der Waals surface area contributed by atoms with E-state index in [1.54, 1.807) is 13.2 Å². The lowest BCUT2D eigenvalue weighted by molar-refractivity contribution is -0.120. The molecule has 18 heavy (non-hydrogen) atoms. The van der Waals surface area contributed by atoms with Gasteiger partial charge >= 0.3 is 0 Å². The van der Waals surface area contributed by atoms with E-state index in [2.05, 4.69) is 26.6 Å². The summed E-state index contributed by atoms with van der Waals surface area (Å²) in [5.74, 6) is -0.0913. The van der Waals surface area contributed by atoms with E-state index >= 15 is 0 Å². The summed E-state index contributed by atoms with van der Waals surface area (Å²) in [6.45, 7) is 2.57. The van der Waals surface area contributed by atoms with Gasteiger partial charge in [0.1, 0.15) is 0 Å². The number of carbonyl (C=O) groups excluding carboxylic acids is 1. The Kier molecular flexibility index (Phi) is 6.46. The summed E-state index contributed by atoms with van der Waals surface area (Å²) in [5, 5.41) is 6.43. The van der Waals surface area contributed by atoms with Crippen LogP contribution in [0.4, 0.5) is 5.69 Å². The van der Waals surface area contributed by atoms with Crippen molar-refractivity contribution in [3.8, 4) is 0 Å². The molecule has 100 valence electrons. The maximum absolute atomic E-state index is 11.6. The highest BCUT2D eigenvalue weighted by atomic mass is 79.9. The van der Waals surface area contributed by atoms with E-state index in [1.165, 1.54) is 0 Å². The largest absolute Gasteiger partial charge is 0.383 e. The minimum atomic E-state index is -0.0913. The standard InChI is InChI=1S/C12H16BrClN2O2/c1-8(7-18-2)16-11(17)6-15-10-5-3-4-9(14)12(10)13/h3-5,8,15H,6-7H2,1-2H3,(H,16,17). The molecule has 0 radical (unpaired) electrons. The second-order valence-corrected chi connectivity index (χ2v) is 5.08. The van der Waals surface area contributed by atoms with Gasteiger partial charge < -0.3 is 15.4 Å². The Balaban J connectivity index is 2.45. The fraction of sp³-hybridized carbons (Fsp3) is 0.417. The van der Waals surface area contributed by atoms with Crippen molar-refractivity contribution in [3.63, 3.8) is 0 Å². The highest BCUT2D eigenvalue weighted by Crippen LogP contribution is 2.29. The van der Waals surface area contributed by atoms with Crippen LogP contribution in [0.25, 0.3) is 0 Å². The van der Waals surface area contributed by atoms with Crippen LogP contribution in [0.2, 0.25) is 5.02 Å². The Labute approximate surface area is 120 Å². The van der Waals surface area contributed by atoms with E-state index < -0.39 is 0 Å². The first kappa shape index (κ1) is 15.3. The highest BCUT2D eigenvalue weighted by Gasteiger charge is 2.08. The first-order chi connectivity index (χ1) is 8.54. The van der Waals surface area contributed by atoms with Crippen LogP contribution in [0.3, 0.4) is 0 Å². The summed E-state index contributed by atoms with van der Waals surface area (Å²) in [5.41, 5.74) is 0.789. The first-order valence-corrected chi connectivity index (χ1v) is 6.68. The summed E-state index contributed by atoms with van der Waals surface area (Å²) in [6, 6.07) is 5.44. The maximum Gasteiger partial charge on any atom is 0.239 e. The second kappa shape index (κ2) is 7.61. The Morgan fingerprint density at radius 2 is 2.28 bits per heavy atom. The Morgan fingerprint density at radius 3 is 2.94 bits per heavy atom. The molecule has 1 rings (SSSR count). The molecule has 0 aliphatic heterocycles. The van der Waals surface area contributed by atoms with Gasteiger partial charge in [-0.2, -0.15) is 0 Å². The smallest absolute Gasteiger partial charge is 0.239 e. The summed E-state index contributed by atoms with van der Waals surface area (Å²) < 4.78 is 5.70. The number of amides is 1. The number of halogens is 2. The fourth-order valence-electron chi connectivity index (χ4n) is 1.43. The fourth-order valence-corrected chi connectivity index (χ4v) is 2.01. The lowest BCUT2D eigenvalue weighted by atomic mass is 10.3. The molecule has 2 N–H and O–H groups in total. The number of rotatable bonds is 6. The Bertz CT molecular complexity index is 415. The van der Waals surface area contributed by atoms with Gasteiger partial charge in [-0.3, -0.25) is 4.79 Å². The van der Waals surface area contributed by atoms with Crippen molar-refractivity contribution in [3.05, 3.63) is 27.7 Å². The minimum absolute atomic E-state index is 0.00731. The molecular weight excluding hydrogens is 320 g/mol. The normalized spacial score (nSPS) is 12.0. The van der Waals surface area contributed by atoms with Gasteiger partial charge in [-0.1, -0.05) is 17.7 Å². The van der Waals surface area contributed by atoms with Gasteiger partial charge in [0.25, 0.3) is 0 Å². The lowest BCUT2D eigenvalue weighted by Crippen LogP contribution is -2.39. The van der Waals surface area contributed by atoms with Gasteiger partial charge in [0.15, 0.2) is 0 Å². The molecular formula is C12H16BrClN2O2. The molecule has 1 atom stereocenters. The van der Waals surface area contributed by atoms with Crippen molar-refractivity contribution in [1.82, 2.24) is 5.32 Å². The van der Waals surface area contributed by atoms with E-state index in [4.69, 9.17) is 16.3 Å². The zero-order chi connectivity index (χ0) is 13.5. The number of benzene rings is 1. The zero-order valence-corrected chi connectivity index (χ0v) is 12.6. The summed E-state index contributed by atoms with van der Waals surface area (Å²) in [7, 11) is 1.60. The number of anilines is 1. The molecule has 1 aromatic carbocycles. The SMILES string of the molecule is COCC(C)NC(=O)CNc1cccc(Cl)c1Br. The monoisotopic (exact) mass is 334 g/mol. The molecule has 1 unspecified atom stereocenters. The topological polar surface area (TPSA) is 50.4 Å². The average molecular weight is 336 g/mol. The number of hydrogen-bond donors (Lipinski definition) is 2. The van der Waals surface area contributed by atoms with Crippen molar-refractivity contribution in [1.29, 1.82) is 0 Å². The van der Waals surface area contributed by atoms with Crippen LogP contribution in [-0.2, 0) is 9.53 Å². The summed E-state index contributed by atoms with van der Waals surface area (Å²) >= 11 is 9.31. The molecule has 0 heterocycles. The summed E-state index contributed by atoms with van der Waals surface area (Å²) in [4.78, 5) is 11.6. The number of methoxy groups -OCH3 is 1. The van der Waals surface area contributed by atoms with E-state index in [9.17, 15) is 4.79 Å². The summed E-state index contributed by atoms with van der Waals surface area (Å²) in [6.07, 6.45) is 0. The minimum Gasteiger partial charge on any atom is -0.383 e. The van der Waals surface area contributed by atoms with Gasteiger partial charge in [-0.15, -0.1) is 0 Å². The van der Waals surface area contributed by atoms with Crippen LogP contribution >= 0.6 is 27.5 Å². The maximum atomic E-state index is 11.6. The predicted octanol–water partition coefficient (Wildman–Crippen LogP) is 2.67. The van der Waals surface area contributed by atoms with Crippen LogP contribution < -0.4 is 10.6 Å². The van der Waals surface area contributed by atoms with Gasteiger partial charge in [-0.05, 0) is 35.0 Å². The van der Waals surface area contributed by atoms with Gasteiger partial charge in [0.05, 0.1) is 28.3 Å². The molecule has 0 aromatic heterocycles. The van der Waals surface area contributed by atoms with E-state index in [0.717, 1.165) is 10.2 Å². The Hall–Kier alpha value is -0.780. The molecule has 4 nitrogen and oxygen atoms in total. The molecule has 0 bridgehead atoms. The van der Waals surface area contributed by atoms with E-state index in [1.807, 2.05) is 19.1 Å². The number of ether oxygens (including phenoxy) is 1. The molecule has 1 amide bonds. The molecule has 1 aromatic rings. The second-order valence-electron chi connectivity index (χ2n) is 3.88. The number of carbonyl (C=O) groups is 1. The molecule has 0 saturated heterocycles. The van der Waals surface area contributed by atoms with Crippen LogP contribution in [0.1, 0.15) is 6.92 Å². The van der Waals surface area contributed by atoms with Crippen LogP contribution in [-0.4, -0.2) is 32.2 Å². The highest BCUT2D eigenvalue weighted by molar-refractivity contribution is 9.10. The predicted molar refractivity (Wildman–Crippen MR) is 77.1 cm³/mol. The van der Waals surface area contributed by atoms with Crippen molar-refractivity contribution in [2.24, 2.45) is 0 Å². The van der Waals surface area contributed by atoms with Crippen molar-refractivity contribution < 1.29 is 9.53 Å². The average Bonchev–Trinajstić information content (AvgIpc) is 2.31. The molecule has 0 saturated carbocycles. The quantitative estimate of drug-likeness (QED) is 0.840. The van der Waals surface area contributed by atoms with Crippen molar-refractivity contribution in [2.45, 2.75) is 13.0 Å². The van der Waals surface area contributed by atoms with E-state index in [-0.39, 0.29) is 18.5 Å². The van der Waals surface area contributed by atoms with Gasteiger partial charge in [0, 0.05) is 13.2 Å². The van der Waals surface area contributed by atoms with E-state index in [0.29, 0.717) is 11.6 Å². The Morgan fingerprint density at radius 1 is 1.56 bits per heavy atom. The number of nitrogens with one attached hydrogen (secondary N) is 2. The molecule has 0 fully saturated rings. The molecule has 0 aliphatic rings. The van der Waals surface area contributed by atoms with Crippen LogP contribution in [0.5, 0.6) is 0 Å². The van der Waals surface area contributed by atoms with Crippen LogP contribution in [0.15, 0.2) is 22.7 Å².